The number of rotatable bonds is 2. The van der Waals surface area contributed by atoms with E-state index in [1.807, 2.05) is 48.5 Å². The second kappa shape index (κ2) is 5.24. The molecule has 4 rings (SSSR count). The molecule has 5 heteroatoms. The summed E-state index contributed by atoms with van der Waals surface area (Å²) in [5, 5.41) is 0.228. The van der Waals surface area contributed by atoms with E-state index in [1.165, 1.54) is 0 Å². The van der Waals surface area contributed by atoms with Gasteiger partial charge in [-0.1, -0.05) is 30.3 Å². The van der Waals surface area contributed by atoms with Crippen molar-refractivity contribution in [1.29, 1.82) is 0 Å². The van der Waals surface area contributed by atoms with Crippen molar-refractivity contribution in [2.45, 2.75) is 0 Å². The number of hydrogen-bond donors (Lipinski definition) is 0. The van der Waals surface area contributed by atoms with Gasteiger partial charge in [-0.2, -0.15) is 0 Å². The Kier molecular flexibility index (Phi) is 3.09. The Hall–Kier alpha value is -2.72. The molecule has 106 valence electrons. The molecule has 0 fully saturated rings. The van der Waals surface area contributed by atoms with Crippen LogP contribution in [0.25, 0.3) is 28.1 Å². The van der Waals surface area contributed by atoms with Crippen LogP contribution in [-0.4, -0.2) is 19.5 Å². The SMILES string of the molecule is Clc1ncc(-c2nc3ccccc3n2-c2ccccc2)cn1. The summed E-state index contributed by atoms with van der Waals surface area (Å²) in [5.74, 6) is 0.795. The fourth-order valence-corrected chi connectivity index (χ4v) is 2.58. The summed E-state index contributed by atoms with van der Waals surface area (Å²) < 4.78 is 2.10. The molecule has 0 N–H and O–H groups in total. The van der Waals surface area contributed by atoms with Crippen LogP contribution < -0.4 is 0 Å². The van der Waals surface area contributed by atoms with Crippen molar-refractivity contribution in [3.8, 4) is 17.1 Å². The third kappa shape index (κ3) is 2.14. The molecule has 0 atom stereocenters. The number of aromatic nitrogens is 4. The number of benzene rings is 2. The highest BCUT2D eigenvalue weighted by Gasteiger charge is 2.14. The van der Waals surface area contributed by atoms with Gasteiger partial charge in [0, 0.05) is 18.1 Å². The Morgan fingerprint density at radius 3 is 2.27 bits per heavy atom. The van der Waals surface area contributed by atoms with E-state index in [4.69, 9.17) is 16.6 Å². The smallest absolute Gasteiger partial charge is 0.222 e. The average Bonchev–Trinajstić information content (AvgIpc) is 2.96. The molecule has 2 aromatic heterocycles. The largest absolute Gasteiger partial charge is 0.292 e. The molecule has 0 saturated heterocycles. The molecule has 22 heavy (non-hydrogen) atoms. The number of nitrogens with zero attached hydrogens (tertiary/aromatic N) is 4. The maximum absolute atomic E-state index is 5.79. The molecule has 0 spiro atoms. The first-order valence-corrected chi connectivity index (χ1v) is 7.21. The van der Waals surface area contributed by atoms with Gasteiger partial charge in [0.1, 0.15) is 5.82 Å². The van der Waals surface area contributed by atoms with Gasteiger partial charge in [-0.3, -0.25) is 4.57 Å². The minimum atomic E-state index is 0.228. The topological polar surface area (TPSA) is 43.6 Å². The lowest BCUT2D eigenvalue weighted by atomic mass is 10.2. The van der Waals surface area contributed by atoms with E-state index in [2.05, 4.69) is 20.6 Å². The highest BCUT2D eigenvalue weighted by molar-refractivity contribution is 6.28. The van der Waals surface area contributed by atoms with Crippen LogP contribution in [0, 0.1) is 0 Å². The van der Waals surface area contributed by atoms with Gasteiger partial charge in [-0.15, -0.1) is 0 Å². The van der Waals surface area contributed by atoms with E-state index in [-0.39, 0.29) is 5.28 Å². The fourth-order valence-electron chi connectivity index (χ4n) is 2.49. The van der Waals surface area contributed by atoms with Crippen LogP contribution in [0.3, 0.4) is 0 Å². The zero-order valence-corrected chi connectivity index (χ0v) is 12.3. The molecule has 4 aromatic rings. The molecule has 4 nitrogen and oxygen atoms in total. The van der Waals surface area contributed by atoms with Crippen LogP contribution in [-0.2, 0) is 0 Å². The van der Waals surface area contributed by atoms with Crippen molar-refractivity contribution in [3.05, 3.63) is 72.3 Å². The number of fused-ring (bicyclic) bond motifs is 1. The van der Waals surface area contributed by atoms with Gasteiger partial charge in [0.15, 0.2) is 0 Å². The van der Waals surface area contributed by atoms with Crippen molar-refractivity contribution in [2.75, 3.05) is 0 Å². The summed E-state index contributed by atoms with van der Waals surface area (Å²) in [7, 11) is 0. The predicted molar refractivity (Wildman–Crippen MR) is 87.1 cm³/mol. The molecule has 0 radical (unpaired) electrons. The van der Waals surface area contributed by atoms with Crippen molar-refractivity contribution in [3.63, 3.8) is 0 Å². The number of para-hydroxylation sites is 3. The van der Waals surface area contributed by atoms with E-state index in [0.29, 0.717) is 0 Å². The second-order valence-corrected chi connectivity index (χ2v) is 5.17. The van der Waals surface area contributed by atoms with Gasteiger partial charge < -0.3 is 0 Å². The van der Waals surface area contributed by atoms with Gasteiger partial charge in [-0.25, -0.2) is 15.0 Å². The van der Waals surface area contributed by atoms with Crippen LogP contribution in [0.1, 0.15) is 0 Å². The van der Waals surface area contributed by atoms with Gasteiger partial charge in [0.2, 0.25) is 5.28 Å². The van der Waals surface area contributed by atoms with Gasteiger partial charge in [0.25, 0.3) is 0 Å². The van der Waals surface area contributed by atoms with Crippen LogP contribution in [0.4, 0.5) is 0 Å². The van der Waals surface area contributed by atoms with Crippen LogP contribution in [0.15, 0.2) is 67.0 Å². The summed E-state index contributed by atoms with van der Waals surface area (Å²) in [5.41, 5.74) is 3.83. The average molecular weight is 307 g/mol. The quantitative estimate of drug-likeness (QED) is 0.523. The summed E-state index contributed by atoms with van der Waals surface area (Å²) in [6.07, 6.45) is 3.38. The van der Waals surface area contributed by atoms with E-state index < -0.39 is 0 Å². The van der Waals surface area contributed by atoms with E-state index >= 15 is 0 Å². The van der Waals surface area contributed by atoms with E-state index in [9.17, 15) is 0 Å². The highest BCUT2D eigenvalue weighted by atomic mass is 35.5. The zero-order chi connectivity index (χ0) is 14.9. The molecule has 0 unspecified atom stereocenters. The number of hydrogen-bond acceptors (Lipinski definition) is 3. The maximum atomic E-state index is 5.79. The van der Waals surface area contributed by atoms with Gasteiger partial charge in [0.05, 0.1) is 16.6 Å². The molecular weight excluding hydrogens is 296 g/mol. The Morgan fingerprint density at radius 1 is 0.818 bits per heavy atom. The molecular formula is C17H11ClN4. The molecule has 0 aliphatic carbocycles. The summed E-state index contributed by atoms with van der Waals surface area (Å²) in [4.78, 5) is 12.9. The van der Waals surface area contributed by atoms with Gasteiger partial charge >= 0.3 is 0 Å². The Bertz CT molecular complexity index is 930. The minimum absolute atomic E-state index is 0.228. The number of imidazole rings is 1. The fraction of sp³-hybridized carbons (Fsp3) is 0. The third-order valence-electron chi connectivity index (χ3n) is 3.45. The van der Waals surface area contributed by atoms with E-state index in [1.54, 1.807) is 12.4 Å². The third-order valence-corrected chi connectivity index (χ3v) is 3.65. The highest BCUT2D eigenvalue weighted by Crippen LogP contribution is 2.27. The first-order chi connectivity index (χ1) is 10.8. The maximum Gasteiger partial charge on any atom is 0.222 e. The van der Waals surface area contributed by atoms with Crippen molar-refractivity contribution < 1.29 is 0 Å². The van der Waals surface area contributed by atoms with E-state index in [0.717, 1.165) is 28.1 Å². The molecule has 0 aliphatic rings. The first-order valence-electron chi connectivity index (χ1n) is 6.84. The van der Waals surface area contributed by atoms with Crippen molar-refractivity contribution in [2.24, 2.45) is 0 Å². The monoisotopic (exact) mass is 306 g/mol. The van der Waals surface area contributed by atoms with Crippen molar-refractivity contribution in [1.82, 2.24) is 19.5 Å². The second-order valence-electron chi connectivity index (χ2n) is 4.84. The van der Waals surface area contributed by atoms with Crippen LogP contribution in [0.2, 0.25) is 5.28 Å². The lowest BCUT2D eigenvalue weighted by Gasteiger charge is -2.08. The van der Waals surface area contributed by atoms with Gasteiger partial charge in [-0.05, 0) is 35.9 Å². The Balaban J connectivity index is 2.04. The minimum Gasteiger partial charge on any atom is -0.292 e. The lowest BCUT2D eigenvalue weighted by Crippen LogP contribution is -1.98. The Morgan fingerprint density at radius 2 is 1.50 bits per heavy atom. The summed E-state index contributed by atoms with van der Waals surface area (Å²) in [6.45, 7) is 0. The molecule has 2 aromatic carbocycles. The van der Waals surface area contributed by atoms with Crippen LogP contribution >= 0.6 is 11.6 Å². The normalized spacial score (nSPS) is 11.0. The molecule has 2 heterocycles. The molecule has 0 bridgehead atoms. The lowest BCUT2D eigenvalue weighted by molar-refractivity contribution is 1.08. The molecule has 0 amide bonds. The Labute approximate surface area is 132 Å². The van der Waals surface area contributed by atoms with Crippen LogP contribution in [0.5, 0.6) is 0 Å². The predicted octanol–water partition coefficient (Wildman–Crippen LogP) is 4.14. The molecule has 0 saturated carbocycles. The standard InChI is InChI=1S/C17H11ClN4/c18-17-19-10-12(11-20-17)16-21-14-8-4-5-9-15(14)22(16)13-6-2-1-3-7-13/h1-11H. The first kappa shape index (κ1) is 13.0. The number of halogens is 1. The molecule has 0 aliphatic heterocycles. The zero-order valence-electron chi connectivity index (χ0n) is 11.5. The summed E-state index contributed by atoms with van der Waals surface area (Å²) in [6, 6.07) is 18.1. The summed E-state index contributed by atoms with van der Waals surface area (Å²) >= 11 is 5.79. The van der Waals surface area contributed by atoms with Crippen molar-refractivity contribution >= 4 is 22.6 Å².